The van der Waals surface area contributed by atoms with Crippen molar-refractivity contribution in [3.05, 3.63) is 12.3 Å². The monoisotopic (exact) mass is 504 g/mol. The summed E-state index contributed by atoms with van der Waals surface area (Å²) in [6.07, 6.45) is 4.29. The Morgan fingerprint density at radius 1 is 0.742 bits per heavy atom. The lowest BCUT2D eigenvalue weighted by Crippen LogP contribution is -2.60. The lowest BCUT2D eigenvalue weighted by atomic mass is 9.98. The first-order valence-corrected chi connectivity index (χ1v) is 25.0. The molecule has 0 radical (unpaired) electrons. The Labute approximate surface area is 200 Å². The van der Waals surface area contributed by atoms with Crippen LogP contribution < -0.4 is 0 Å². The fourth-order valence-corrected chi connectivity index (χ4v) is 16.9. The first-order valence-electron chi connectivity index (χ1n) is 12.5. The summed E-state index contributed by atoms with van der Waals surface area (Å²) in [6, 6.07) is 0. The lowest BCUT2D eigenvalue weighted by molar-refractivity contribution is 0.0941. The van der Waals surface area contributed by atoms with Crippen LogP contribution in [0.1, 0.15) is 60.3 Å². The molecule has 0 amide bonds. The van der Waals surface area contributed by atoms with Gasteiger partial charge in [-0.05, 0) is 65.0 Å². The average molecular weight is 505 g/mol. The van der Waals surface area contributed by atoms with Crippen LogP contribution in [-0.4, -0.2) is 50.6 Å². The van der Waals surface area contributed by atoms with Crippen LogP contribution in [0, 0.1) is 0 Å². The number of rotatable bonds is 15. The smallest absolute Gasteiger partial charge is 0.221 e. The molecule has 0 aliphatic heterocycles. The van der Waals surface area contributed by atoms with Crippen LogP contribution in [-0.2, 0) is 13.3 Å². The first-order chi connectivity index (χ1) is 13.9. The molecule has 0 aliphatic carbocycles. The Hall–Kier alpha value is 0.488. The lowest BCUT2D eigenvalue weighted by Gasteiger charge is -2.51. The zero-order valence-electron chi connectivity index (χ0n) is 23.6. The van der Waals surface area contributed by atoms with Gasteiger partial charge in [0.15, 0.2) is 8.32 Å². The van der Waals surface area contributed by atoms with Gasteiger partial charge in [-0.15, -0.1) is 6.58 Å². The van der Waals surface area contributed by atoms with Gasteiger partial charge in [-0.2, -0.15) is 0 Å². The standard InChI is InChI=1S/C24H56O3Si4/c1-16-21(25-30(13,14)23(18-3)26-29(10,11)12)24(6,19-4)31(15,20-5)27-22(17-2)28(7,8)9/h20-23H,5,16-19H2,1-4,6-15H3. The van der Waals surface area contributed by atoms with Gasteiger partial charge in [-0.3, -0.25) is 0 Å². The molecule has 31 heavy (non-hydrogen) atoms. The minimum Gasteiger partial charge on any atom is -0.415 e. The molecule has 3 nitrogen and oxygen atoms in total. The molecule has 0 fully saturated rings. The second kappa shape index (κ2) is 11.8. The average Bonchev–Trinajstić information content (AvgIpc) is 2.65. The van der Waals surface area contributed by atoms with Gasteiger partial charge in [-0.1, -0.05) is 60.0 Å². The van der Waals surface area contributed by atoms with E-state index in [1.807, 2.05) is 0 Å². The van der Waals surface area contributed by atoms with Crippen LogP contribution in [0.5, 0.6) is 0 Å². The van der Waals surface area contributed by atoms with Gasteiger partial charge in [0.1, 0.15) is 0 Å². The number of hydrogen-bond acceptors (Lipinski definition) is 3. The molecule has 0 N–H and O–H groups in total. The van der Waals surface area contributed by atoms with Crippen LogP contribution in [0.25, 0.3) is 0 Å². The van der Waals surface area contributed by atoms with Crippen LogP contribution in [0.15, 0.2) is 12.3 Å². The summed E-state index contributed by atoms with van der Waals surface area (Å²) >= 11 is 0. The second-order valence-electron chi connectivity index (χ2n) is 12.2. The third kappa shape index (κ3) is 8.33. The van der Waals surface area contributed by atoms with E-state index in [1.165, 1.54) is 0 Å². The molecule has 5 unspecified atom stereocenters. The largest absolute Gasteiger partial charge is 0.415 e. The molecular weight excluding hydrogens is 449 g/mol. The summed E-state index contributed by atoms with van der Waals surface area (Å²) < 4.78 is 20.9. The fraction of sp³-hybridized carbons (Fsp3) is 0.917. The molecule has 0 saturated heterocycles. The van der Waals surface area contributed by atoms with Crippen molar-refractivity contribution in [1.82, 2.24) is 0 Å². The van der Waals surface area contributed by atoms with E-state index in [2.05, 4.69) is 106 Å². The van der Waals surface area contributed by atoms with Gasteiger partial charge in [-0.25, -0.2) is 0 Å². The van der Waals surface area contributed by atoms with Gasteiger partial charge >= 0.3 is 0 Å². The highest BCUT2D eigenvalue weighted by Gasteiger charge is 2.54. The zero-order valence-corrected chi connectivity index (χ0v) is 27.6. The van der Waals surface area contributed by atoms with E-state index in [4.69, 9.17) is 13.3 Å². The van der Waals surface area contributed by atoms with Crippen LogP contribution in [0.2, 0.25) is 64.0 Å². The predicted octanol–water partition coefficient (Wildman–Crippen LogP) is 8.30. The Kier molecular flexibility index (Phi) is 11.9. The molecule has 0 bridgehead atoms. The van der Waals surface area contributed by atoms with Crippen molar-refractivity contribution in [1.29, 1.82) is 0 Å². The first kappa shape index (κ1) is 31.5. The molecule has 0 aliphatic rings. The maximum absolute atomic E-state index is 7.15. The van der Waals surface area contributed by atoms with Crippen molar-refractivity contribution in [2.75, 3.05) is 0 Å². The van der Waals surface area contributed by atoms with E-state index >= 15 is 0 Å². The molecule has 5 atom stereocenters. The summed E-state index contributed by atoms with van der Waals surface area (Å²) in [5.41, 5.74) is 2.78. The molecule has 0 rings (SSSR count). The molecule has 7 heteroatoms. The maximum atomic E-state index is 7.15. The van der Waals surface area contributed by atoms with Gasteiger partial charge in [0.25, 0.3) is 0 Å². The van der Waals surface area contributed by atoms with Gasteiger partial charge in [0, 0.05) is 10.8 Å². The number of hydrogen-bond donors (Lipinski definition) is 0. The van der Waals surface area contributed by atoms with Crippen molar-refractivity contribution in [3.8, 4) is 0 Å². The van der Waals surface area contributed by atoms with Gasteiger partial charge < -0.3 is 13.3 Å². The second-order valence-corrected chi connectivity index (χ2v) is 30.1. The zero-order chi connectivity index (χ0) is 24.9. The fourth-order valence-electron chi connectivity index (χ4n) is 4.73. The quantitative estimate of drug-likeness (QED) is 0.210. The van der Waals surface area contributed by atoms with E-state index in [-0.39, 0.29) is 16.9 Å². The Bertz CT molecular complexity index is 556. The van der Waals surface area contributed by atoms with E-state index in [9.17, 15) is 0 Å². The highest BCUT2D eigenvalue weighted by Crippen LogP contribution is 2.50. The molecule has 0 saturated carbocycles. The Morgan fingerprint density at radius 2 is 1.23 bits per heavy atom. The van der Waals surface area contributed by atoms with Crippen molar-refractivity contribution in [2.45, 2.75) is 142 Å². The Morgan fingerprint density at radius 3 is 1.52 bits per heavy atom. The third-order valence-electron chi connectivity index (χ3n) is 7.15. The molecule has 0 aromatic carbocycles. The summed E-state index contributed by atoms with van der Waals surface area (Å²) in [7, 11) is -7.42. The summed E-state index contributed by atoms with van der Waals surface area (Å²) in [5.74, 6) is 0. The highest BCUT2D eigenvalue weighted by molar-refractivity contribution is 6.83. The molecule has 0 aromatic rings. The molecule has 0 spiro atoms. The molecule has 0 heterocycles. The SMILES string of the molecule is C=C[Si](C)(OC(CC)[Si](C)(C)C)C(C)(CC)C(CC)O[Si](C)(C)C(CC)O[Si](C)(C)C. The topological polar surface area (TPSA) is 27.7 Å². The van der Waals surface area contributed by atoms with Crippen LogP contribution in [0.3, 0.4) is 0 Å². The van der Waals surface area contributed by atoms with E-state index in [0.717, 1.165) is 25.7 Å². The molecule has 186 valence electrons. The minimum absolute atomic E-state index is 0.0295. The predicted molar refractivity (Wildman–Crippen MR) is 150 cm³/mol. The van der Waals surface area contributed by atoms with E-state index < -0.39 is 33.0 Å². The molecular formula is C24H56O3Si4. The van der Waals surface area contributed by atoms with Crippen LogP contribution >= 0.6 is 0 Å². The normalized spacial score (nSPS) is 20.5. The summed E-state index contributed by atoms with van der Waals surface area (Å²) in [5, 5.41) is -0.0295. The van der Waals surface area contributed by atoms with E-state index in [1.54, 1.807) is 0 Å². The van der Waals surface area contributed by atoms with E-state index in [0.29, 0.717) is 5.73 Å². The minimum atomic E-state index is -2.28. The van der Waals surface area contributed by atoms with Gasteiger partial charge in [0.05, 0.1) is 19.9 Å². The van der Waals surface area contributed by atoms with Crippen molar-refractivity contribution < 1.29 is 13.3 Å². The van der Waals surface area contributed by atoms with Crippen molar-refractivity contribution >= 4 is 33.0 Å². The maximum Gasteiger partial charge on any atom is 0.221 e. The summed E-state index contributed by atoms with van der Waals surface area (Å²) in [4.78, 5) is 0. The van der Waals surface area contributed by atoms with Crippen molar-refractivity contribution in [3.63, 3.8) is 0 Å². The highest BCUT2D eigenvalue weighted by atomic mass is 28.4. The summed E-state index contributed by atoms with van der Waals surface area (Å²) in [6.45, 7) is 37.0. The van der Waals surface area contributed by atoms with Gasteiger partial charge in [0.2, 0.25) is 16.6 Å². The third-order valence-corrected chi connectivity index (χ3v) is 18.5. The molecule has 0 aromatic heterocycles. The van der Waals surface area contributed by atoms with Crippen LogP contribution in [0.4, 0.5) is 0 Å². The van der Waals surface area contributed by atoms with Crippen molar-refractivity contribution in [2.24, 2.45) is 0 Å². The Balaban J connectivity index is 6.10.